The van der Waals surface area contributed by atoms with E-state index in [1.807, 2.05) is 12.1 Å². The normalized spacial score (nSPS) is 17.6. The molecule has 5 heteroatoms. The van der Waals surface area contributed by atoms with E-state index in [2.05, 4.69) is 24.2 Å². The Kier molecular flexibility index (Phi) is 4.71. The number of benzene rings is 1. The average molecular weight is 277 g/mol. The summed E-state index contributed by atoms with van der Waals surface area (Å²) in [6, 6.07) is 4.05. The lowest BCUT2D eigenvalue weighted by molar-refractivity contribution is 0.254. The van der Waals surface area contributed by atoms with Gasteiger partial charge in [-0.15, -0.1) is 0 Å². The summed E-state index contributed by atoms with van der Waals surface area (Å²) in [5.74, 6) is 2.24. The molecule has 0 radical (unpaired) electrons. The van der Waals surface area contributed by atoms with Crippen LogP contribution in [0.1, 0.15) is 31.4 Å². The molecule has 3 N–H and O–H groups in total. The maximum Gasteiger partial charge on any atom is 0.188 e. The summed E-state index contributed by atoms with van der Waals surface area (Å²) in [7, 11) is 1.67. The zero-order chi connectivity index (χ0) is 14.5. The molecule has 20 heavy (non-hydrogen) atoms. The zero-order valence-corrected chi connectivity index (χ0v) is 12.4. The van der Waals surface area contributed by atoms with Gasteiger partial charge in [0.2, 0.25) is 0 Å². The second kappa shape index (κ2) is 6.50. The van der Waals surface area contributed by atoms with Gasteiger partial charge in [0.25, 0.3) is 0 Å². The van der Waals surface area contributed by atoms with Crippen molar-refractivity contribution in [2.24, 2.45) is 10.7 Å². The Hall–Kier alpha value is -1.91. The molecular weight excluding hydrogens is 254 g/mol. The second-order valence-electron chi connectivity index (χ2n) is 5.03. The van der Waals surface area contributed by atoms with Crippen LogP contribution in [0.4, 0.5) is 0 Å². The van der Waals surface area contributed by atoms with Gasteiger partial charge in [0.05, 0.1) is 13.7 Å². The van der Waals surface area contributed by atoms with Crippen LogP contribution in [0.3, 0.4) is 0 Å². The number of guanidine groups is 1. The van der Waals surface area contributed by atoms with Crippen molar-refractivity contribution in [3.05, 3.63) is 23.3 Å². The van der Waals surface area contributed by atoms with E-state index in [1.165, 1.54) is 5.56 Å². The van der Waals surface area contributed by atoms with Gasteiger partial charge in [0.1, 0.15) is 17.6 Å². The highest BCUT2D eigenvalue weighted by atomic mass is 16.5. The minimum atomic E-state index is 0.227. The van der Waals surface area contributed by atoms with Gasteiger partial charge in [-0.1, -0.05) is 6.92 Å². The first-order valence-corrected chi connectivity index (χ1v) is 7.04. The molecule has 2 rings (SSSR count). The molecule has 1 aromatic rings. The first kappa shape index (κ1) is 14.5. The monoisotopic (exact) mass is 277 g/mol. The van der Waals surface area contributed by atoms with Crippen molar-refractivity contribution >= 4 is 5.96 Å². The molecule has 1 aliphatic heterocycles. The molecule has 0 aliphatic carbocycles. The summed E-state index contributed by atoms with van der Waals surface area (Å²) in [5.41, 5.74) is 7.98. The molecule has 1 aliphatic rings. The highest BCUT2D eigenvalue weighted by molar-refractivity contribution is 5.77. The third-order valence-electron chi connectivity index (χ3n) is 3.27. The lowest BCUT2D eigenvalue weighted by Crippen LogP contribution is -2.32. The Morgan fingerprint density at radius 1 is 1.55 bits per heavy atom. The largest absolute Gasteiger partial charge is 0.496 e. The van der Waals surface area contributed by atoms with E-state index in [9.17, 15) is 0 Å². The van der Waals surface area contributed by atoms with Crippen molar-refractivity contribution in [2.75, 3.05) is 13.7 Å². The maximum atomic E-state index is 5.80. The number of nitrogens with zero attached hydrogens (tertiary/aromatic N) is 1. The molecule has 0 bridgehead atoms. The van der Waals surface area contributed by atoms with E-state index >= 15 is 0 Å². The van der Waals surface area contributed by atoms with Gasteiger partial charge in [-0.2, -0.15) is 0 Å². The fourth-order valence-electron chi connectivity index (χ4n) is 2.27. The standard InChI is InChI=1S/C15H23N3O2/c1-4-5-17-15(16)18-9-12-8-14-11(6-10(2)20-14)7-13(12)19-3/h7-8,10H,4-6,9H2,1-3H3,(H3,16,17,18). The number of hydrogen-bond acceptors (Lipinski definition) is 3. The smallest absolute Gasteiger partial charge is 0.188 e. The molecule has 0 spiro atoms. The van der Waals surface area contributed by atoms with E-state index in [0.717, 1.165) is 36.4 Å². The number of hydrogen-bond donors (Lipinski definition) is 2. The quantitative estimate of drug-likeness (QED) is 0.636. The Morgan fingerprint density at radius 3 is 3.05 bits per heavy atom. The Bertz CT molecular complexity index is 500. The van der Waals surface area contributed by atoms with Gasteiger partial charge in [0, 0.05) is 24.1 Å². The van der Waals surface area contributed by atoms with Crippen LogP contribution < -0.4 is 20.5 Å². The molecule has 1 aromatic carbocycles. The van der Waals surface area contributed by atoms with E-state index in [0.29, 0.717) is 12.5 Å². The van der Waals surface area contributed by atoms with Crippen molar-refractivity contribution in [1.82, 2.24) is 5.32 Å². The van der Waals surface area contributed by atoms with Crippen molar-refractivity contribution in [1.29, 1.82) is 0 Å². The van der Waals surface area contributed by atoms with E-state index in [-0.39, 0.29) is 6.10 Å². The first-order valence-electron chi connectivity index (χ1n) is 7.04. The lowest BCUT2D eigenvalue weighted by Gasteiger charge is -2.10. The van der Waals surface area contributed by atoms with Gasteiger partial charge in [0.15, 0.2) is 5.96 Å². The summed E-state index contributed by atoms with van der Waals surface area (Å²) in [4.78, 5) is 4.33. The highest BCUT2D eigenvalue weighted by Crippen LogP contribution is 2.35. The van der Waals surface area contributed by atoms with Crippen LogP contribution in [0.25, 0.3) is 0 Å². The molecular formula is C15H23N3O2. The van der Waals surface area contributed by atoms with E-state index < -0.39 is 0 Å². The van der Waals surface area contributed by atoms with Crippen molar-refractivity contribution in [3.8, 4) is 11.5 Å². The van der Waals surface area contributed by atoms with Crippen LogP contribution in [0, 0.1) is 0 Å². The Labute approximate surface area is 120 Å². The van der Waals surface area contributed by atoms with Crippen LogP contribution in [-0.4, -0.2) is 25.7 Å². The van der Waals surface area contributed by atoms with Crippen LogP contribution in [0.5, 0.6) is 11.5 Å². The predicted octanol–water partition coefficient (Wildman–Crippen LogP) is 1.83. The summed E-state index contributed by atoms with van der Waals surface area (Å²) in [6.07, 6.45) is 2.17. The van der Waals surface area contributed by atoms with E-state index in [4.69, 9.17) is 15.2 Å². The lowest BCUT2D eigenvalue weighted by atomic mass is 10.1. The van der Waals surface area contributed by atoms with Crippen molar-refractivity contribution < 1.29 is 9.47 Å². The van der Waals surface area contributed by atoms with Crippen molar-refractivity contribution in [2.45, 2.75) is 39.3 Å². The number of fused-ring (bicyclic) bond motifs is 1. The summed E-state index contributed by atoms with van der Waals surface area (Å²) in [6.45, 7) is 5.47. The summed E-state index contributed by atoms with van der Waals surface area (Å²) >= 11 is 0. The van der Waals surface area contributed by atoms with Gasteiger partial charge in [-0.3, -0.25) is 0 Å². The van der Waals surface area contributed by atoms with Gasteiger partial charge in [-0.25, -0.2) is 4.99 Å². The van der Waals surface area contributed by atoms with Gasteiger partial charge >= 0.3 is 0 Å². The Morgan fingerprint density at radius 2 is 2.35 bits per heavy atom. The molecule has 0 fully saturated rings. The number of nitrogens with two attached hydrogens (primary N) is 1. The molecule has 0 saturated carbocycles. The molecule has 0 amide bonds. The molecule has 1 heterocycles. The third kappa shape index (κ3) is 3.35. The predicted molar refractivity (Wildman–Crippen MR) is 80.4 cm³/mol. The fraction of sp³-hybridized carbons (Fsp3) is 0.533. The molecule has 0 aromatic heterocycles. The average Bonchev–Trinajstić information content (AvgIpc) is 2.80. The first-order chi connectivity index (χ1) is 9.63. The van der Waals surface area contributed by atoms with Crippen LogP contribution in [0.15, 0.2) is 17.1 Å². The molecule has 1 atom stereocenters. The summed E-state index contributed by atoms with van der Waals surface area (Å²) < 4.78 is 11.2. The highest BCUT2D eigenvalue weighted by Gasteiger charge is 2.21. The number of methoxy groups -OCH3 is 1. The number of rotatable bonds is 5. The maximum absolute atomic E-state index is 5.80. The van der Waals surface area contributed by atoms with E-state index in [1.54, 1.807) is 7.11 Å². The van der Waals surface area contributed by atoms with Crippen LogP contribution in [-0.2, 0) is 13.0 Å². The molecule has 5 nitrogen and oxygen atoms in total. The van der Waals surface area contributed by atoms with Crippen LogP contribution >= 0.6 is 0 Å². The Balaban J connectivity index is 2.13. The van der Waals surface area contributed by atoms with Gasteiger partial charge in [-0.05, 0) is 25.5 Å². The number of ether oxygens (including phenoxy) is 2. The molecule has 0 saturated heterocycles. The zero-order valence-electron chi connectivity index (χ0n) is 12.4. The second-order valence-corrected chi connectivity index (χ2v) is 5.03. The number of nitrogens with one attached hydrogen (secondary N) is 1. The fourth-order valence-corrected chi connectivity index (χ4v) is 2.27. The summed E-state index contributed by atoms with van der Waals surface area (Å²) in [5, 5.41) is 3.06. The minimum Gasteiger partial charge on any atom is -0.496 e. The molecule has 110 valence electrons. The van der Waals surface area contributed by atoms with Gasteiger partial charge < -0.3 is 20.5 Å². The minimum absolute atomic E-state index is 0.227. The SMILES string of the molecule is CCCNC(N)=NCc1cc2c(cc1OC)CC(C)O2. The van der Waals surface area contributed by atoms with Crippen LogP contribution in [0.2, 0.25) is 0 Å². The number of aliphatic imine (C=N–C) groups is 1. The molecule has 1 unspecified atom stereocenters. The topological polar surface area (TPSA) is 68.9 Å². The van der Waals surface area contributed by atoms with Crippen molar-refractivity contribution in [3.63, 3.8) is 0 Å². The third-order valence-corrected chi connectivity index (χ3v) is 3.27.